The van der Waals surface area contributed by atoms with Gasteiger partial charge < -0.3 is 0 Å². The first kappa shape index (κ1) is 10.6. The first-order chi connectivity index (χ1) is 5.81. The van der Waals surface area contributed by atoms with Crippen LogP contribution in [0.4, 0.5) is 0 Å². The second-order valence-electron chi connectivity index (χ2n) is 2.50. The highest BCUT2D eigenvalue weighted by molar-refractivity contribution is 4.60. The highest BCUT2D eigenvalue weighted by Gasteiger charge is 1.96. The largest absolute Gasteiger partial charge is 0.0940 e. The van der Waals surface area contributed by atoms with Crippen molar-refractivity contribution in [2.24, 2.45) is 10.2 Å². The highest BCUT2D eigenvalue weighted by atomic mass is 15.1. The van der Waals surface area contributed by atoms with E-state index in [1.54, 1.807) is 0 Å². The van der Waals surface area contributed by atoms with Crippen LogP contribution in [-0.4, -0.2) is 12.6 Å². The first-order valence-electron chi connectivity index (χ1n) is 3.86. The second-order valence-corrected chi connectivity index (χ2v) is 2.50. The van der Waals surface area contributed by atoms with Gasteiger partial charge in [0.2, 0.25) is 0 Å². The Morgan fingerprint density at radius 3 is 2.58 bits per heavy atom. The van der Waals surface area contributed by atoms with Gasteiger partial charge in [-0.25, -0.2) is 0 Å². The molecule has 0 aromatic heterocycles. The molecule has 66 valence electrons. The minimum atomic E-state index is 0.0427. The van der Waals surface area contributed by atoms with Crippen LogP contribution in [-0.2, 0) is 0 Å². The SMILES string of the molecule is CC(CCCCN=[N+]=[N-])N=[N+]=[N-]. The van der Waals surface area contributed by atoms with Gasteiger partial charge in [0.15, 0.2) is 0 Å². The Bertz CT molecular complexity index is 200. The fourth-order valence-electron chi connectivity index (χ4n) is 0.813. The van der Waals surface area contributed by atoms with E-state index in [1.807, 2.05) is 6.92 Å². The summed E-state index contributed by atoms with van der Waals surface area (Å²) < 4.78 is 0. The fraction of sp³-hybridized carbons (Fsp3) is 1.00. The van der Waals surface area contributed by atoms with Gasteiger partial charge in [0.05, 0.1) is 0 Å². The van der Waals surface area contributed by atoms with Crippen molar-refractivity contribution in [1.82, 2.24) is 0 Å². The molecule has 12 heavy (non-hydrogen) atoms. The van der Waals surface area contributed by atoms with Crippen LogP contribution in [0.15, 0.2) is 10.2 Å². The number of hydrogen-bond acceptors (Lipinski definition) is 2. The molecule has 0 fully saturated rings. The molecule has 6 heteroatoms. The molecule has 0 aliphatic carbocycles. The molecule has 0 saturated carbocycles. The lowest BCUT2D eigenvalue weighted by atomic mass is 10.1. The smallest absolute Gasteiger partial charge is 0.0345 e. The maximum absolute atomic E-state index is 8.07. The molecular weight excluding hydrogens is 156 g/mol. The van der Waals surface area contributed by atoms with Crippen LogP contribution in [0.2, 0.25) is 0 Å². The lowest BCUT2D eigenvalue weighted by Gasteiger charge is -2.00. The predicted octanol–water partition coefficient (Wildman–Crippen LogP) is 3.17. The summed E-state index contributed by atoms with van der Waals surface area (Å²) in [6, 6.07) is 0.0427. The van der Waals surface area contributed by atoms with E-state index in [-0.39, 0.29) is 6.04 Å². The third kappa shape index (κ3) is 6.74. The van der Waals surface area contributed by atoms with Crippen molar-refractivity contribution in [3.05, 3.63) is 20.9 Å². The van der Waals surface area contributed by atoms with Gasteiger partial charge in [0.1, 0.15) is 0 Å². The molecular formula is C6H12N6. The van der Waals surface area contributed by atoms with E-state index in [0.717, 1.165) is 19.3 Å². The topological polar surface area (TPSA) is 97.5 Å². The average molecular weight is 168 g/mol. The summed E-state index contributed by atoms with van der Waals surface area (Å²) in [7, 11) is 0. The Hall–Kier alpha value is -1.38. The maximum atomic E-state index is 8.07. The summed E-state index contributed by atoms with van der Waals surface area (Å²) in [6.07, 6.45) is 2.64. The Morgan fingerprint density at radius 1 is 1.25 bits per heavy atom. The molecule has 0 aliphatic rings. The lowest BCUT2D eigenvalue weighted by Crippen LogP contribution is -1.95. The van der Waals surface area contributed by atoms with E-state index < -0.39 is 0 Å². The average Bonchev–Trinajstić information content (AvgIpc) is 2.05. The third-order valence-corrected chi connectivity index (χ3v) is 1.44. The molecule has 0 radical (unpaired) electrons. The molecule has 1 unspecified atom stereocenters. The van der Waals surface area contributed by atoms with Crippen LogP contribution in [0, 0.1) is 0 Å². The van der Waals surface area contributed by atoms with E-state index in [2.05, 4.69) is 20.1 Å². The van der Waals surface area contributed by atoms with Crippen molar-refractivity contribution >= 4 is 0 Å². The van der Waals surface area contributed by atoms with Crippen LogP contribution in [0.3, 0.4) is 0 Å². The Kier molecular flexibility index (Phi) is 6.84. The Morgan fingerprint density at radius 2 is 2.00 bits per heavy atom. The monoisotopic (exact) mass is 168 g/mol. The summed E-state index contributed by atoms with van der Waals surface area (Å²) in [5, 5.41) is 6.91. The van der Waals surface area contributed by atoms with Crippen molar-refractivity contribution < 1.29 is 0 Å². The summed E-state index contributed by atoms with van der Waals surface area (Å²) in [4.78, 5) is 5.33. The zero-order chi connectivity index (χ0) is 9.23. The van der Waals surface area contributed by atoms with E-state index in [1.165, 1.54) is 0 Å². The van der Waals surface area contributed by atoms with E-state index in [0.29, 0.717) is 6.54 Å². The van der Waals surface area contributed by atoms with Gasteiger partial charge in [-0.1, -0.05) is 23.6 Å². The first-order valence-corrected chi connectivity index (χ1v) is 3.86. The van der Waals surface area contributed by atoms with Crippen LogP contribution < -0.4 is 0 Å². The van der Waals surface area contributed by atoms with Crippen LogP contribution in [0.1, 0.15) is 26.2 Å². The fourth-order valence-corrected chi connectivity index (χ4v) is 0.813. The summed E-state index contributed by atoms with van der Waals surface area (Å²) in [5.74, 6) is 0. The van der Waals surface area contributed by atoms with Gasteiger partial charge in [-0.15, -0.1) is 0 Å². The van der Waals surface area contributed by atoms with Gasteiger partial charge in [0, 0.05) is 22.4 Å². The maximum Gasteiger partial charge on any atom is 0.0345 e. The number of azide groups is 2. The standard InChI is InChI=1S/C6H12N6/c1-6(10-12-8)4-2-3-5-9-11-7/h6H,2-5H2,1H3. The Labute approximate surface area is 70.8 Å². The summed E-state index contributed by atoms with van der Waals surface area (Å²) in [5.41, 5.74) is 16.0. The highest BCUT2D eigenvalue weighted by Crippen LogP contribution is 2.04. The molecule has 0 spiro atoms. The molecule has 0 rings (SSSR count). The molecule has 1 atom stereocenters. The molecule has 0 aromatic rings. The molecule has 0 bridgehead atoms. The van der Waals surface area contributed by atoms with E-state index in [9.17, 15) is 0 Å². The predicted molar refractivity (Wildman–Crippen MR) is 46.5 cm³/mol. The molecule has 0 amide bonds. The van der Waals surface area contributed by atoms with Gasteiger partial charge in [-0.05, 0) is 23.9 Å². The Balaban J connectivity index is 3.30. The van der Waals surface area contributed by atoms with Crippen LogP contribution >= 0.6 is 0 Å². The molecule has 6 nitrogen and oxygen atoms in total. The van der Waals surface area contributed by atoms with Crippen molar-refractivity contribution in [2.75, 3.05) is 6.54 Å². The number of hydrogen-bond donors (Lipinski definition) is 0. The number of nitrogens with zero attached hydrogens (tertiary/aromatic N) is 6. The minimum absolute atomic E-state index is 0.0427. The summed E-state index contributed by atoms with van der Waals surface area (Å²) >= 11 is 0. The summed E-state index contributed by atoms with van der Waals surface area (Å²) in [6.45, 7) is 2.40. The van der Waals surface area contributed by atoms with E-state index in [4.69, 9.17) is 11.1 Å². The number of rotatable bonds is 6. The quantitative estimate of drug-likeness (QED) is 0.252. The third-order valence-electron chi connectivity index (χ3n) is 1.44. The molecule has 0 aromatic carbocycles. The van der Waals surface area contributed by atoms with Crippen molar-refractivity contribution in [1.29, 1.82) is 0 Å². The van der Waals surface area contributed by atoms with Gasteiger partial charge in [-0.2, -0.15) is 0 Å². The molecule has 0 saturated heterocycles. The van der Waals surface area contributed by atoms with Gasteiger partial charge >= 0.3 is 0 Å². The van der Waals surface area contributed by atoms with Gasteiger partial charge in [0.25, 0.3) is 0 Å². The normalized spacial score (nSPS) is 11.1. The zero-order valence-electron chi connectivity index (χ0n) is 7.09. The zero-order valence-corrected chi connectivity index (χ0v) is 7.09. The molecule has 0 aliphatic heterocycles. The van der Waals surface area contributed by atoms with Crippen molar-refractivity contribution in [3.8, 4) is 0 Å². The minimum Gasteiger partial charge on any atom is -0.0940 e. The van der Waals surface area contributed by atoms with Crippen molar-refractivity contribution in [2.45, 2.75) is 32.2 Å². The second kappa shape index (κ2) is 7.72. The van der Waals surface area contributed by atoms with Gasteiger partial charge in [-0.3, -0.25) is 0 Å². The van der Waals surface area contributed by atoms with Crippen molar-refractivity contribution in [3.63, 3.8) is 0 Å². The lowest BCUT2D eigenvalue weighted by molar-refractivity contribution is 0.599. The number of unbranched alkanes of at least 4 members (excludes halogenated alkanes) is 1. The molecule has 0 N–H and O–H groups in total. The molecule has 0 heterocycles. The van der Waals surface area contributed by atoms with E-state index >= 15 is 0 Å². The van der Waals surface area contributed by atoms with Crippen LogP contribution in [0.5, 0.6) is 0 Å². The van der Waals surface area contributed by atoms with Crippen LogP contribution in [0.25, 0.3) is 20.9 Å².